The fourth-order valence-corrected chi connectivity index (χ4v) is 2.29. The van der Waals surface area contributed by atoms with Crippen LogP contribution in [0.1, 0.15) is 43.0 Å². The number of hydrogen-bond donors (Lipinski definition) is 0. The minimum absolute atomic E-state index is 0.0414. The zero-order valence-corrected chi connectivity index (χ0v) is 11.8. The smallest absolute Gasteiger partial charge is 0.0991 e. The van der Waals surface area contributed by atoms with Gasteiger partial charge in [-0.25, -0.2) is 0 Å². The fourth-order valence-electron chi connectivity index (χ4n) is 2.29. The lowest BCUT2D eigenvalue weighted by Crippen LogP contribution is -2.18. The maximum absolute atomic E-state index is 8.86. The molecule has 0 unspecified atom stereocenters. The van der Waals surface area contributed by atoms with Crippen LogP contribution in [0, 0.1) is 11.3 Å². The number of rotatable bonds is 3. The van der Waals surface area contributed by atoms with E-state index in [1.807, 2.05) is 24.3 Å². The lowest BCUT2D eigenvalue weighted by atomic mass is 9.78. The molecule has 1 heteroatoms. The van der Waals surface area contributed by atoms with E-state index in [9.17, 15) is 0 Å². The molecule has 0 aliphatic heterocycles. The normalized spacial score (nSPS) is 11.1. The van der Waals surface area contributed by atoms with Gasteiger partial charge in [0.15, 0.2) is 0 Å². The summed E-state index contributed by atoms with van der Waals surface area (Å²) >= 11 is 0. The standard InChI is InChI=1S/C18H19N/c1-4-14-5-9-16(10-6-14)18(2,3)17-11-7-15(13-19)8-12-17/h5-12H,4H2,1-3H3. The van der Waals surface area contributed by atoms with E-state index in [-0.39, 0.29) is 5.41 Å². The maximum Gasteiger partial charge on any atom is 0.0991 e. The molecule has 0 saturated heterocycles. The third kappa shape index (κ3) is 2.69. The average molecular weight is 249 g/mol. The molecule has 0 aromatic heterocycles. The molecule has 1 nitrogen and oxygen atoms in total. The Balaban J connectivity index is 2.36. The van der Waals surface area contributed by atoms with Gasteiger partial charge in [0, 0.05) is 5.41 Å². The minimum Gasteiger partial charge on any atom is -0.192 e. The molecule has 0 fully saturated rings. The Morgan fingerprint density at radius 2 is 1.37 bits per heavy atom. The predicted molar refractivity (Wildman–Crippen MR) is 79.1 cm³/mol. The molecule has 0 heterocycles. The van der Waals surface area contributed by atoms with Crippen LogP contribution in [0.25, 0.3) is 0 Å². The van der Waals surface area contributed by atoms with Crippen molar-refractivity contribution in [3.63, 3.8) is 0 Å². The van der Waals surface area contributed by atoms with Crippen molar-refractivity contribution in [3.05, 3.63) is 70.8 Å². The number of aryl methyl sites for hydroxylation is 1. The van der Waals surface area contributed by atoms with Crippen molar-refractivity contribution in [2.75, 3.05) is 0 Å². The third-order valence-electron chi connectivity index (χ3n) is 3.82. The molecule has 0 saturated carbocycles. The van der Waals surface area contributed by atoms with E-state index in [0.29, 0.717) is 5.56 Å². The Kier molecular flexibility index (Phi) is 3.71. The molecule has 2 rings (SSSR count). The lowest BCUT2D eigenvalue weighted by molar-refractivity contribution is 0.640. The monoisotopic (exact) mass is 249 g/mol. The van der Waals surface area contributed by atoms with E-state index < -0.39 is 0 Å². The van der Waals surface area contributed by atoms with Gasteiger partial charge in [0.25, 0.3) is 0 Å². The second-order valence-electron chi connectivity index (χ2n) is 5.36. The highest BCUT2D eigenvalue weighted by Gasteiger charge is 2.22. The Bertz CT molecular complexity index is 583. The highest BCUT2D eigenvalue weighted by Crippen LogP contribution is 2.31. The summed E-state index contributed by atoms with van der Waals surface area (Å²) in [5, 5.41) is 8.86. The molecule has 0 aliphatic carbocycles. The third-order valence-corrected chi connectivity index (χ3v) is 3.82. The van der Waals surface area contributed by atoms with Crippen LogP contribution in [-0.4, -0.2) is 0 Å². The molecule has 0 aliphatic rings. The quantitative estimate of drug-likeness (QED) is 0.788. The Hall–Kier alpha value is -2.07. The van der Waals surface area contributed by atoms with Crippen molar-refractivity contribution in [3.8, 4) is 6.07 Å². The van der Waals surface area contributed by atoms with Gasteiger partial charge in [-0.3, -0.25) is 0 Å². The predicted octanol–water partition coefficient (Wildman–Crippen LogP) is 4.45. The molecule has 19 heavy (non-hydrogen) atoms. The summed E-state index contributed by atoms with van der Waals surface area (Å²) in [6.45, 7) is 6.60. The van der Waals surface area contributed by atoms with Gasteiger partial charge in [-0.1, -0.05) is 57.2 Å². The van der Waals surface area contributed by atoms with E-state index in [4.69, 9.17) is 5.26 Å². The van der Waals surface area contributed by atoms with Crippen molar-refractivity contribution in [2.45, 2.75) is 32.6 Å². The molecule has 0 spiro atoms. The zero-order valence-electron chi connectivity index (χ0n) is 11.8. The summed E-state index contributed by atoms with van der Waals surface area (Å²) in [6.07, 6.45) is 1.07. The van der Waals surface area contributed by atoms with Gasteiger partial charge in [-0.15, -0.1) is 0 Å². The van der Waals surface area contributed by atoms with E-state index in [2.05, 4.69) is 51.1 Å². The molecule has 0 atom stereocenters. The fraction of sp³-hybridized carbons (Fsp3) is 0.278. The van der Waals surface area contributed by atoms with E-state index in [1.165, 1.54) is 16.7 Å². The average Bonchev–Trinajstić information content (AvgIpc) is 2.47. The Morgan fingerprint density at radius 1 is 0.895 bits per heavy atom. The SMILES string of the molecule is CCc1ccc(C(C)(C)c2ccc(C#N)cc2)cc1. The molecule has 2 aromatic rings. The summed E-state index contributed by atoms with van der Waals surface area (Å²) in [7, 11) is 0. The Morgan fingerprint density at radius 3 is 1.79 bits per heavy atom. The number of benzene rings is 2. The first-order chi connectivity index (χ1) is 9.07. The van der Waals surface area contributed by atoms with Crippen LogP contribution in [0.5, 0.6) is 0 Å². The zero-order chi connectivity index (χ0) is 13.9. The number of nitrogens with zero attached hydrogens (tertiary/aromatic N) is 1. The van der Waals surface area contributed by atoms with Crippen LogP contribution in [0.2, 0.25) is 0 Å². The van der Waals surface area contributed by atoms with E-state index in [1.54, 1.807) is 0 Å². The van der Waals surface area contributed by atoms with Crippen molar-refractivity contribution in [2.24, 2.45) is 0 Å². The topological polar surface area (TPSA) is 23.8 Å². The molecular weight excluding hydrogens is 230 g/mol. The van der Waals surface area contributed by atoms with Crippen LogP contribution in [0.4, 0.5) is 0 Å². The van der Waals surface area contributed by atoms with Crippen LogP contribution in [-0.2, 0) is 11.8 Å². The van der Waals surface area contributed by atoms with Crippen LogP contribution < -0.4 is 0 Å². The molecule has 0 radical (unpaired) electrons. The Labute approximate surface area is 115 Å². The summed E-state index contributed by atoms with van der Waals surface area (Å²) in [6, 6.07) is 18.8. The van der Waals surface area contributed by atoms with Crippen molar-refractivity contribution in [1.29, 1.82) is 5.26 Å². The molecule has 0 bridgehead atoms. The molecule has 2 aromatic carbocycles. The van der Waals surface area contributed by atoms with Gasteiger partial charge in [0.2, 0.25) is 0 Å². The van der Waals surface area contributed by atoms with Crippen molar-refractivity contribution >= 4 is 0 Å². The van der Waals surface area contributed by atoms with Gasteiger partial charge >= 0.3 is 0 Å². The largest absolute Gasteiger partial charge is 0.192 e. The minimum atomic E-state index is -0.0414. The summed E-state index contributed by atoms with van der Waals surface area (Å²) in [5.41, 5.74) is 4.56. The van der Waals surface area contributed by atoms with Gasteiger partial charge in [0.1, 0.15) is 0 Å². The molecule has 96 valence electrons. The first kappa shape index (κ1) is 13.4. The number of hydrogen-bond acceptors (Lipinski definition) is 1. The van der Waals surface area contributed by atoms with E-state index in [0.717, 1.165) is 6.42 Å². The molecular formula is C18H19N. The van der Waals surface area contributed by atoms with E-state index >= 15 is 0 Å². The summed E-state index contributed by atoms with van der Waals surface area (Å²) in [5.74, 6) is 0. The lowest BCUT2D eigenvalue weighted by Gasteiger charge is -2.26. The summed E-state index contributed by atoms with van der Waals surface area (Å²) in [4.78, 5) is 0. The van der Waals surface area contributed by atoms with Gasteiger partial charge < -0.3 is 0 Å². The first-order valence-corrected chi connectivity index (χ1v) is 6.68. The van der Waals surface area contributed by atoms with Gasteiger partial charge in [-0.2, -0.15) is 5.26 Å². The highest BCUT2D eigenvalue weighted by atomic mass is 14.3. The second-order valence-corrected chi connectivity index (χ2v) is 5.36. The highest BCUT2D eigenvalue weighted by molar-refractivity contribution is 5.41. The van der Waals surface area contributed by atoms with Crippen LogP contribution in [0.15, 0.2) is 48.5 Å². The van der Waals surface area contributed by atoms with Crippen molar-refractivity contribution in [1.82, 2.24) is 0 Å². The maximum atomic E-state index is 8.86. The van der Waals surface area contributed by atoms with Crippen LogP contribution >= 0.6 is 0 Å². The first-order valence-electron chi connectivity index (χ1n) is 6.68. The van der Waals surface area contributed by atoms with Crippen molar-refractivity contribution < 1.29 is 0 Å². The van der Waals surface area contributed by atoms with Gasteiger partial charge in [0.05, 0.1) is 11.6 Å². The second kappa shape index (κ2) is 5.28. The van der Waals surface area contributed by atoms with Gasteiger partial charge in [-0.05, 0) is 35.2 Å². The molecule has 0 amide bonds. The number of nitriles is 1. The van der Waals surface area contributed by atoms with Crippen LogP contribution in [0.3, 0.4) is 0 Å². The summed E-state index contributed by atoms with van der Waals surface area (Å²) < 4.78 is 0. The molecule has 0 N–H and O–H groups in total.